The van der Waals surface area contributed by atoms with Gasteiger partial charge in [-0.25, -0.2) is 4.98 Å². The number of aromatic nitrogens is 1. The van der Waals surface area contributed by atoms with Gasteiger partial charge in [-0.3, -0.25) is 0 Å². The largest absolute Gasteiger partial charge is 0.462 e. The zero-order valence-electron chi connectivity index (χ0n) is 8.77. The van der Waals surface area contributed by atoms with Crippen LogP contribution < -0.4 is 0 Å². The van der Waals surface area contributed by atoms with Crippen LogP contribution in [-0.4, -0.2) is 12.1 Å². The highest BCUT2D eigenvalue weighted by Crippen LogP contribution is 2.29. The van der Waals surface area contributed by atoms with Gasteiger partial charge in [0.1, 0.15) is 0 Å². The Hall–Kier alpha value is -1.64. The summed E-state index contributed by atoms with van der Waals surface area (Å²) >= 11 is 1.47. The summed E-state index contributed by atoms with van der Waals surface area (Å²) in [5.74, 6) is 0.728. The van der Waals surface area contributed by atoms with Crippen LogP contribution in [0.2, 0.25) is 0 Å². The number of rotatable bonds is 4. The van der Waals surface area contributed by atoms with E-state index in [1.54, 1.807) is 13.4 Å². The van der Waals surface area contributed by atoms with Gasteiger partial charge in [0.15, 0.2) is 10.8 Å². The van der Waals surface area contributed by atoms with Gasteiger partial charge in [0, 0.05) is 12.0 Å². The number of thiazole rings is 1. The average molecular weight is 234 g/mol. The number of hydrogen-bond donors (Lipinski definition) is 0. The highest BCUT2D eigenvalue weighted by molar-refractivity contribution is 7.15. The van der Waals surface area contributed by atoms with E-state index in [1.165, 1.54) is 11.3 Å². The molecule has 0 aliphatic rings. The van der Waals surface area contributed by atoms with E-state index in [2.05, 4.69) is 11.1 Å². The standard InChI is InChI=1S/C11H10N2O2S/c1-14-7-8-10(4-5-12)16-11(13-8)9-3-2-6-15-9/h2-3,6H,4,7H2,1H3. The topological polar surface area (TPSA) is 59.1 Å². The van der Waals surface area contributed by atoms with Gasteiger partial charge < -0.3 is 9.15 Å². The first-order chi connectivity index (χ1) is 7.85. The molecule has 4 nitrogen and oxygen atoms in total. The highest BCUT2D eigenvalue weighted by atomic mass is 32.1. The van der Waals surface area contributed by atoms with Crippen molar-refractivity contribution < 1.29 is 9.15 Å². The smallest absolute Gasteiger partial charge is 0.162 e. The quantitative estimate of drug-likeness (QED) is 0.815. The number of nitriles is 1. The van der Waals surface area contributed by atoms with Gasteiger partial charge in [-0.15, -0.1) is 11.3 Å². The van der Waals surface area contributed by atoms with Gasteiger partial charge >= 0.3 is 0 Å². The van der Waals surface area contributed by atoms with E-state index < -0.39 is 0 Å². The molecule has 0 saturated heterocycles. The van der Waals surface area contributed by atoms with Crippen LogP contribution in [0.15, 0.2) is 22.8 Å². The molecule has 2 aromatic heterocycles. The molecule has 0 spiro atoms. The molecule has 0 aromatic carbocycles. The lowest BCUT2D eigenvalue weighted by Crippen LogP contribution is -1.92. The lowest BCUT2D eigenvalue weighted by Gasteiger charge is -1.94. The molecule has 0 atom stereocenters. The molecule has 2 aromatic rings. The first-order valence-corrected chi connectivity index (χ1v) is 5.55. The molecule has 0 N–H and O–H groups in total. The van der Waals surface area contributed by atoms with Gasteiger partial charge in [0.05, 0.1) is 31.1 Å². The Morgan fingerprint density at radius 1 is 1.62 bits per heavy atom. The summed E-state index contributed by atoms with van der Waals surface area (Å²) < 4.78 is 10.3. The summed E-state index contributed by atoms with van der Waals surface area (Å²) in [6, 6.07) is 5.79. The Morgan fingerprint density at radius 2 is 2.50 bits per heavy atom. The lowest BCUT2D eigenvalue weighted by atomic mass is 10.3. The van der Waals surface area contributed by atoms with Crippen molar-refractivity contribution in [3.63, 3.8) is 0 Å². The summed E-state index contributed by atoms with van der Waals surface area (Å²) in [4.78, 5) is 5.35. The normalized spacial score (nSPS) is 10.2. The molecular formula is C11H10N2O2S. The third kappa shape index (κ3) is 2.13. The maximum atomic E-state index is 8.72. The van der Waals surface area contributed by atoms with Crippen molar-refractivity contribution in [2.24, 2.45) is 0 Å². The second-order valence-electron chi connectivity index (χ2n) is 3.13. The Balaban J connectivity index is 2.35. The molecule has 0 bridgehead atoms. The summed E-state index contributed by atoms with van der Waals surface area (Å²) in [6.07, 6.45) is 1.97. The van der Waals surface area contributed by atoms with Crippen molar-refractivity contribution in [3.05, 3.63) is 29.0 Å². The minimum Gasteiger partial charge on any atom is -0.462 e. The fraction of sp³-hybridized carbons (Fsp3) is 0.273. The molecule has 0 saturated carbocycles. The predicted molar refractivity (Wildman–Crippen MR) is 59.8 cm³/mol. The molecule has 16 heavy (non-hydrogen) atoms. The third-order valence-electron chi connectivity index (χ3n) is 2.03. The second-order valence-corrected chi connectivity index (χ2v) is 4.22. The van der Waals surface area contributed by atoms with Crippen molar-refractivity contribution in [3.8, 4) is 16.8 Å². The number of ether oxygens (including phenoxy) is 1. The SMILES string of the molecule is COCc1nc(-c2ccco2)sc1CC#N. The number of furan rings is 1. The van der Waals surface area contributed by atoms with E-state index in [1.807, 2.05) is 12.1 Å². The monoisotopic (exact) mass is 234 g/mol. The molecule has 0 unspecified atom stereocenters. The zero-order chi connectivity index (χ0) is 11.4. The van der Waals surface area contributed by atoms with Crippen molar-refractivity contribution in [2.45, 2.75) is 13.0 Å². The van der Waals surface area contributed by atoms with Crippen LogP contribution in [0.1, 0.15) is 10.6 Å². The van der Waals surface area contributed by atoms with Crippen molar-refractivity contribution in [1.29, 1.82) is 5.26 Å². The Kier molecular flexibility index (Phi) is 3.34. The maximum absolute atomic E-state index is 8.72. The van der Waals surface area contributed by atoms with E-state index in [-0.39, 0.29) is 0 Å². The van der Waals surface area contributed by atoms with Crippen LogP contribution in [0.3, 0.4) is 0 Å². The third-order valence-corrected chi connectivity index (χ3v) is 3.14. The Labute approximate surface area is 97.1 Å². The average Bonchev–Trinajstić information content (AvgIpc) is 2.89. The number of methoxy groups -OCH3 is 1. The second kappa shape index (κ2) is 4.92. The fourth-order valence-corrected chi connectivity index (χ4v) is 2.31. The first kappa shape index (κ1) is 10.9. The van der Waals surface area contributed by atoms with Crippen LogP contribution >= 0.6 is 11.3 Å². The molecule has 0 radical (unpaired) electrons. The molecule has 5 heteroatoms. The van der Waals surface area contributed by atoms with Gasteiger partial charge in [0.2, 0.25) is 0 Å². The van der Waals surface area contributed by atoms with E-state index in [9.17, 15) is 0 Å². The first-order valence-electron chi connectivity index (χ1n) is 4.73. The number of hydrogen-bond acceptors (Lipinski definition) is 5. The minimum atomic E-state index is 0.358. The molecule has 0 aliphatic heterocycles. The van der Waals surface area contributed by atoms with E-state index in [0.29, 0.717) is 13.0 Å². The van der Waals surface area contributed by atoms with Crippen LogP contribution in [-0.2, 0) is 17.8 Å². The summed E-state index contributed by atoms with van der Waals surface area (Å²) in [6.45, 7) is 0.425. The highest BCUT2D eigenvalue weighted by Gasteiger charge is 2.13. The molecule has 0 aliphatic carbocycles. The lowest BCUT2D eigenvalue weighted by molar-refractivity contribution is 0.181. The van der Waals surface area contributed by atoms with Crippen molar-refractivity contribution in [2.75, 3.05) is 7.11 Å². The maximum Gasteiger partial charge on any atom is 0.162 e. The summed E-state index contributed by atoms with van der Waals surface area (Å²) in [5, 5.41) is 9.51. The number of nitrogens with zero attached hydrogens (tertiary/aromatic N) is 2. The predicted octanol–water partition coefficient (Wildman–Crippen LogP) is 2.62. The molecule has 2 heterocycles. The van der Waals surface area contributed by atoms with Crippen LogP contribution in [0.5, 0.6) is 0 Å². The summed E-state index contributed by atoms with van der Waals surface area (Å²) in [7, 11) is 1.61. The molecule has 0 amide bonds. The van der Waals surface area contributed by atoms with E-state index in [4.69, 9.17) is 14.4 Å². The Morgan fingerprint density at radius 3 is 3.12 bits per heavy atom. The molecule has 82 valence electrons. The minimum absolute atomic E-state index is 0.358. The van der Waals surface area contributed by atoms with Gasteiger partial charge in [-0.1, -0.05) is 0 Å². The van der Waals surface area contributed by atoms with Crippen LogP contribution in [0.4, 0.5) is 0 Å². The van der Waals surface area contributed by atoms with Crippen LogP contribution in [0.25, 0.3) is 10.8 Å². The molecule has 2 rings (SSSR count). The van der Waals surface area contributed by atoms with Crippen molar-refractivity contribution in [1.82, 2.24) is 4.98 Å². The molecule has 0 fully saturated rings. The van der Waals surface area contributed by atoms with Crippen LogP contribution in [0, 0.1) is 11.3 Å². The molecular weight excluding hydrogens is 224 g/mol. The van der Waals surface area contributed by atoms with E-state index in [0.717, 1.165) is 21.3 Å². The fourth-order valence-electron chi connectivity index (χ4n) is 1.35. The van der Waals surface area contributed by atoms with E-state index >= 15 is 0 Å². The Bertz CT molecular complexity index is 497. The summed E-state index contributed by atoms with van der Waals surface area (Å²) in [5.41, 5.74) is 0.820. The zero-order valence-corrected chi connectivity index (χ0v) is 9.58. The van der Waals surface area contributed by atoms with Gasteiger partial charge in [0.25, 0.3) is 0 Å². The van der Waals surface area contributed by atoms with Gasteiger partial charge in [-0.05, 0) is 12.1 Å². The van der Waals surface area contributed by atoms with Crippen molar-refractivity contribution >= 4 is 11.3 Å². The van der Waals surface area contributed by atoms with Gasteiger partial charge in [-0.2, -0.15) is 5.26 Å².